The van der Waals surface area contributed by atoms with Crippen molar-refractivity contribution in [1.82, 2.24) is 0 Å². The van der Waals surface area contributed by atoms with Gasteiger partial charge in [-0.25, -0.2) is 0 Å². The van der Waals surface area contributed by atoms with E-state index in [-0.39, 0.29) is 18.2 Å². The molecule has 0 radical (unpaired) electrons. The Hall–Kier alpha value is -0.860. The Bertz CT molecular complexity index is 312. The Labute approximate surface area is 97.8 Å². The fourth-order valence-electron chi connectivity index (χ4n) is 2.36. The van der Waals surface area contributed by atoms with E-state index in [2.05, 4.69) is 31.2 Å². The predicted molar refractivity (Wildman–Crippen MR) is 66.2 cm³/mol. The van der Waals surface area contributed by atoms with E-state index in [1.165, 1.54) is 18.4 Å². The number of ether oxygens (including phenoxy) is 1. The third kappa shape index (κ3) is 2.83. The third-order valence-corrected chi connectivity index (χ3v) is 3.40. The topological polar surface area (TPSA) is 35.2 Å². The van der Waals surface area contributed by atoms with Gasteiger partial charge in [0.1, 0.15) is 0 Å². The molecule has 88 valence electrons. The first-order valence-corrected chi connectivity index (χ1v) is 6.23. The van der Waals surface area contributed by atoms with Crippen molar-refractivity contribution in [2.45, 2.75) is 50.9 Å². The van der Waals surface area contributed by atoms with E-state index in [9.17, 15) is 0 Å². The Kier molecular flexibility index (Phi) is 3.97. The Morgan fingerprint density at radius 2 is 1.88 bits per heavy atom. The summed E-state index contributed by atoms with van der Waals surface area (Å²) in [5.41, 5.74) is 7.32. The van der Waals surface area contributed by atoms with Crippen molar-refractivity contribution in [3.63, 3.8) is 0 Å². The number of benzene rings is 1. The second-order valence-electron chi connectivity index (χ2n) is 4.68. The van der Waals surface area contributed by atoms with Gasteiger partial charge in [0.25, 0.3) is 0 Å². The standard InChI is InChI=1S/C14H21NO/c1-11(12-7-3-2-4-8-12)16-14-10-6-5-9-13(14)15/h2-4,7-8,11,13-14H,5-6,9-10,15H2,1H3. The van der Waals surface area contributed by atoms with Crippen LogP contribution in [-0.2, 0) is 4.74 Å². The molecule has 1 saturated carbocycles. The summed E-state index contributed by atoms with van der Waals surface area (Å²) in [6.45, 7) is 2.11. The van der Waals surface area contributed by atoms with E-state index in [1.54, 1.807) is 0 Å². The van der Waals surface area contributed by atoms with Crippen LogP contribution in [0.4, 0.5) is 0 Å². The lowest BCUT2D eigenvalue weighted by molar-refractivity contribution is -0.0327. The van der Waals surface area contributed by atoms with Gasteiger partial charge in [-0.15, -0.1) is 0 Å². The molecule has 16 heavy (non-hydrogen) atoms. The predicted octanol–water partition coefficient (Wildman–Crippen LogP) is 3.03. The number of hydrogen-bond donors (Lipinski definition) is 1. The van der Waals surface area contributed by atoms with Gasteiger partial charge in [0, 0.05) is 6.04 Å². The average Bonchev–Trinajstić information content (AvgIpc) is 2.33. The van der Waals surface area contributed by atoms with Gasteiger partial charge in [-0.3, -0.25) is 0 Å². The molecule has 1 aromatic carbocycles. The number of rotatable bonds is 3. The molecule has 2 heteroatoms. The van der Waals surface area contributed by atoms with Crippen LogP contribution in [0.2, 0.25) is 0 Å². The zero-order valence-corrected chi connectivity index (χ0v) is 9.93. The second kappa shape index (κ2) is 5.46. The first-order valence-electron chi connectivity index (χ1n) is 6.23. The maximum Gasteiger partial charge on any atom is 0.0801 e. The first-order chi connectivity index (χ1) is 7.77. The molecule has 3 unspecified atom stereocenters. The van der Waals surface area contributed by atoms with Crippen molar-refractivity contribution in [1.29, 1.82) is 0 Å². The summed E-state index contributed by atoms with van der Waals surface area (Å²) in [6, 6.07) is 10.6. The van der Waals surface area contributed by atoms with Crippen LogP contribution in [-0.4, -0.2) is 12.1 Å². The molecule has 2 nitrogen and oxygen atoms in total. The fraction of sp³-hybridized carbons (Fsp3) is 0.571. The lowest BCUT2D eigenvalue weighted by Crippen LogP contribution is -2.39. The molecule has 1 aromatic rings. The third-order valence-electron chi connectivity index (χ3n) is 3.40. The molecule has 1 aliphatic carbocycles. The summed E-state index contributed by atoms with van der Waals surface area (Å²) in [7, 11) is 0. The minimum absolute atomic E-state index is 0.148. The second-order valence-corrected chi connectivity index (χ2v) is 4.68. The molecular weight excluding hydrogens is 198 g/mol. The lowest BCUT2D eigenvalue weighted by Gasteiger charge is -2.31. The van der Waals surface area contributed by atoms with Crippen LogP contribution in [0.5, 0.6) is 0 Å². The van der Waals surface area contributed by atoms with Gasteiger partial charge in [0.2, 0.25) is 0 Å². The van der Waals surface area contributed by atoms with E-state index in [0.29, 0.717) is 0 Å². The Morgan fingerprint density at radius 3 is 2.56 bits per heavy atom. The molecule has 2 N–H and O–H groups in total. The summed E-state index contributed by atoms with van der Waals surface area (Å²) in [5.74, 6) is 0. The summed E-state index contributed by atoms with van der Waals surface area (Å²) in [6.07, 6.45) is 5.10. The quantitative estimate of drug-likeness (QED) is 0.848. The largest absolute Gasteiger partial charge is 0.369 e. The van der Waals surface area contributed by atoms with Gasteiger partial charge in [-0.2, -0.15) is 0 Å². The number of nitrogens with two attached hydrogens (primary N) is 1. The van der Waals surface area contributed by atoms with Crippen LogP contribution in [0.3, 0.4) is 0 Å². The van der Waals surface area contributed by atoms with Crippen LogP contribution in [0, 0.1) is 0 Å². The SMILES string of the molecule is CC(OC1CCCCC1N)c1ccccc1. The zero-order valence-electron chi connectivity index (χ0n) is 9.93. The average molecular weight is 219 g/mol. The van der Waals surface area contributed by atoms with Gasteiger partial charge in [0.15, 0.2) is 0 Å². The van der Waals surface area contributed by atoms with Gasteiger partial charge in [0.05, 0.1) is 12.2 Å². The van der Waals surface area contributed by atoms with Gasteiger partial charge in [-0.05, 0) is 25.3 Å². The van der Waals surface area contributed by atoms with Crippen LogP contribution in [0.1, 0.15) is 44.3 Å². The molecule has 0 aliphatic heterocycles. The maximum atomic E-state index is 6.08. The highest BCUT2D eigenvalue weighted by atomic mass is 16.5. The van der Waals surface area contributed by atoms with Gasteiger partial charge < -0.3 is 10.5 Å². The first kappa shape index (κ1) is 11.6. The summed E-state index contributed by atoms with van der Waals surface area (Å²) in [5, 5.41) is 0. The molecule has 0 heterocycles. The number of hydrogen-bond acceptors (Lipinski definition) is 2. The molecule has 0 spiro atoms. The van der Waals surface area contributed by atoms with Crippen molar-refractivity contribution >= 4 is 0 Å². The Morgan fingerprint density at radius 1 is 1.19 bits per heavy atom. The van der Waals surface area contributed by atoms with E-state index in [1.807, 2.05) is 6.07 Å². The molecule has 3 atom stereocenters. The monoisotopic (exact) mass is 219 g/mol. The van der Waals surface area contributed by atoms with E-state index in [4.69, 9.17) is 10.5 Å². The smallest absolute Gasteiger partial charge is 0.0801 e. The Balaban J connectivity index is 1.94. The van der Waals surface area contributed by atoms with Gasteiger partial charge in [-0.1, -0.05) is 43.2 Å². The zero-order chi connectivity index (χ0) is 11.4. The maximum absolute atomic E-state index is 6.08. The van der Waals surface area contributed by atoms with Crippen molar-refractivity contribution in [2.24, 2.45) is 5.73 Å². The summed E-state index contributed by atoms with van der Waals surface area (Å²) >= 11 is 0. The van der Waals surface area contributed by atoms with E-state index < -0.39 is 0 Å². The van der Waals surface area contributed by atoms with Crippen molar-refractivity contribution < 1.29 is 4.74 Å². The van der Waals surface area contributed by atoms with Crippen molar-refractivity contribution in [2.75, 3.05) is 0 Å². The minimum Gasteiger partial charge on any atom is -0.369 e. The molecule has 1 fully saturated rings. The van der Waals surface area contributed by atoms with Crippen molar-refractivity contribution in [3.05, 3.63) is 35.9 Å². The molecule has 2 rings (SSSR count). The van der Waals surface area contributed by atoms with Crippen LogP contribution >= 0.6 is 0 Å². The van der Waals surface area contributed by atoms with Crippen LogP contribution < -0.4 is 5.73 Å². The molecule has 1 aliphatic rings. The molecule has 0 amide bonds. The van der Waals surface area contributed by atoms with Crippen LogP contribution in [0.25, 0.3) is 0 Å². The fourth-order valence-corrected chi connectivity index (χ4v) is 2.36. The van der Waals surface area contributed by atoms with E-state index in [0.717, 1.165) is 12.8 Å². The lowest BCUT2D eigenvalue weighted by atomic mass is 9.93. The molecule has 0 aromatic heterocycles. The van der Waals surface area contributed by atoms with E-state index >= 15 is 0 Å². The van der Waals surface area contributed by atoms with Crippen molar-refractivity contribution in [3.8, 4) is 0 Å². The molecule has 0 saturated heterocycles. The highest BCUT2D eigenvalue weighted by Gasteiger charge is 2.24. The molecule has 0 bridgehead atoms. The minimum atomic E-state index is 0.148. The summed E-state index contributed by atoms with van der Waals surface area (Å²) < 4.78 is 6.06. The highest BCUT2D eigenvalue weighted by molar-refractivity contribution is 5.16. The van der Waals surface area contributed by atoms with Crippen LogP contribution in [0.15, 0.2) is 30.3 Å². The summed E-state index contributed by atoms with van der Waals surface area (Å²) in [4.78, 5) is 0. The highest BCUT2D eigenvalue weighted by Crippen LogP contribution is 2.26. The molecular formula is C14H21NO. The normalized spacial score (nSPS) is 27.6. The van der Waals surface area contributed by atoms with Gasteiger partial charge >= 0.3 is 0 Å².